The summed E-state index contributed by atoms with van der Waals surface area (Å²) < 4.78 is 0. The van der Waals surface area contributed by atoms with Crippen molar-refractivity contribution in [2.24, 2.45) is 0 Å². The lowest BCUT2D eigenvalue weighted by molar-refractivity contribution is 0.202. The second-order valence-corrected chi connectivity index (χ2v) is 4.95. The van der Waals surface area contributed by atoms with Crippen LogP contribution in [0.3, 0.4) is 0 Å². The van der Waals surface area contributed by atoms with Crippen molar-refractivity contribution in [3.8, 4) is 0 Å². The van der Waals surface area contributed by atoms with E-state index in [1.54, 1.807) is 0 Å². The maximum Gasteiger partial charge on any atom is 0.0712 e. The second-order valence-electron chi connectivity index (χ2n) is 4.43. The Hall–Kier alpha value is -0.570. The van der Waals surface area contributed by atoms with Crippen LogP contribution < -0.4 is 0 Å². The average Bonchev–Trinajstić information content (AvgIpc) is 2.31. The van der Waals surface area contributed by atoms with Crippen molar-refractivity contribution in [2.75, 3.05) is 26.2 Å². The second kappa shape index (κ2) is 7.00. The van der Waals surface area contributed by atoms with Gasteiger partial charge in [0.05, 0.1) is 12.0 Å². The van der Waals surface area contributed by atoms with E-state index in [0.717, 1.165) is 18.7 Å². The molecule has 3 heteroatoms. The highest BCUT2D eigenvalue weighted by molar-refractivity contribution is 6.21. The molecule has 0 amide bonds. The van der Waals surface area contributed by atoms with Gasteiger partial charge in [0, 0.05) is 13.1 Å². The van der Waals surface area contributed by atoms with Crippen LogP contribution >= 0.6 is 11.6 Å². The Balaban J connectivity index is 2.68. The molecule has 1 atom stereocenters. The lowest BCUT2D eigenvalue weighted by Gasteiger charge is -2.22. The number of alkyl halides is 1. The molecular formula is C14H22ClNO. The van der Waals surface area contributed by atoms with Gasteiger partial charge in [0.15, 0.2) is 0 Å². The van der Waals surface area contributed by atoms with E-state index in [2.05, 4.69) is 43.9 Å². The van der Waals surface area contributed by atoms with Crippen molar-refractivity contribution in [3.05, 3.63) is 34.9 Å². The fourth-order valence-electron chi connectivity index (χ4n) is 1.81. The number of aliphatic hydroxyl groups excluding tert-OH is 1. The van der Waals surface area contributed by atoms with E-state index in [1.807, 2.05) is 0 Å². The van der Waals surface area contributed by atoms with Crippen LogP contribution in [0.25, 0.3) is 0 Å². The van der Waals surface area contributed by atoms with Gasteiger partial charge in [-0.2, -0.15) is 0 Å². The molecule has 0 bridgehead atoms. The first kappa shape index (κ1) is 14.5. The quantitative estimate of drug-likeness (QED) is 0.791. The van der Waals surface area contributed by atoms with Gasteiger partial charge in [-0.3, -0.25) is 4.90 Å². The first-order chi connectivity index (χ1) is 8.08. The van der Waals surface area contributed by atoms with E-state index >= 15 is 0 Å². The maximum absolute atomic E-state index is 8.95. The number of benzene rings is 1. The minimum absolute atomic E-state index is 0.0131. The predicted octanol–water partition coefficient (Wildman–Crippen LogP) is 2.90. The Kier molecular flexibility index (Phi) is 5.96. The van der Waals surface area contributed by atoms with E-state index in [4.69, 9.17) is 16.7 Å². The highest BCUT2D eigenvalue weighted by Crippen LogP contribution is 2.23. The third kappa shape index (κ3) is 4.30. The molecule has 0 fully saturated rings. The van der Waals surface area contributed by atoms with Crippen LogP contribution in [0.5, 0.6) is 0 Å². The average molecular weight is 256 g/mol. The number of aryl methyl sites for hydroxylation is 2. The van der Waals surface area contributed by atoms with Gasteiger partial charge in [-0.1, -0.05) is 25.1 Å². The number of likely N-dealkylation sites (N-methyl/N-ethyl adjacent to an activating group) is 1. The van der Waals surface area contributed by atoms with E-state index in [9.17, 15) is 0 Å². The number of hydrogen-bond acceptors (Lipinski definition) is 2. The number of nitrogens with zero attached hydrogens (tertiary/aromatic N) is 1. The van der Waals surface area contributed by atoms with Gasteiger partial charge in [-0.05, 0) is 37.1 Å². The standard InChI is InChI=1S/C14H22ClNO/c1-4-16(7-8-17)10-14(15)13-6-5-11(2)12(3)9-13/h5-6,9,14,17H,4,7-8,10H2,1-3H3. The van der Waals surface area contributed by atoms with Crippen molar-refractivity contribution in [2.45, 2.75) is 26.1 Å². The van der Waals surface area contributed by atoms with Gasteiger partial charge in [0.25, 0.3) is 0 Å². The molecule has 96 valence electrons. The Labute approximate surface area is 109 Å². The molecule has 0 radical (unpaired) electrons. The van der Waals surface area contributed by atoms with Crippen molar-refractivity contribution < 1.29 is 5.11 Å². The Morgan fingerprint density at radius 3 is 2.53 bits per heavy atom. The van der Waals surface area contributed by atoms with Gasteiger partial charge in [0.2, 0.25) is 0 Å². The summed E-state index contributed by atoms with van der Waals surface area (Å²) in [6, 6.07) is 6.36. The molecule has 17 heavy (non-hydrogen) atoms. The largest absolute Gasteiger partial charge is 0.395 e. The van der Waals surface area contributed by atoms with E-state index < -0.39 is 0 Å². The van der Waals surface area contributed by atoms with Gasteiger partial charge in [-0.25, -0.2) is 0 Å². The number of aliphatic hydroxyl groups is 1. The number of rotatable bonds is 6. The van der Waals surface area contributed by atoms with Gasteiger partial charge >= 0.3 is 0 Å². The molecule has 0 heterocycles. The molecule has 1 aromatic carbocycles. The smallest absolute Gasteiger partial charge is 0.0712 e. The molecule has 0 saturated heterocycles. The fraction of sp³-hybridized carbons (Fsp3) is 0.571. The van der Waals surface area contributed by atoms with Crippen LogP contribution in [0.2, 0.25) is 0 Å². The SMILES string of the molecule is CCN(CCO)CC(Cl)c1ccc(C)c(C)c1. The zero-order chi connectivity index (χ0) is 12.8. The fourth-order valence-corrected chi connectivity index (χ4v) is 2.14. The van der Waals surface area contributed by atoms with Crippen molar-refractivity contribution in [1.29, 1.82) is 0 Å². The minimum Gasteiger partial charge on any atom is -0.395 e. The Bertz CT molecular complexity index is 354. The maximum atomic E-state index is 8.95. The molecule has 1 aromatic rings. The first-order valence-corrected chi connectivity index (χ1v) is 6.56. The molecule has 0 aliphatic heterocycles. The summed E-state index contributed by atoms with van der Waals surface area (Å²) in [5, 5.41) is 8.93. The van der Waals surface area contributed by atoms with Gasteiger partial charge < -0.3 is 5.11 Å². The molecular weight excluding hydrogens is 234 g/mol. The molecule has 0 saturated carbocycles. The van der Waals surface area contributed by atoms with Crippen LogP contribution in [0.4, 0.5) is 0 Å². The first-order valence-electron chi connectivity index (χ1n) is 6.13. The topological polar surface area (TPSA) is 23.5 Å². The van der Waals surface area contributed by atoms with Crippen molar-refractivity contribution in [3.63, 3.8) is 0 Å². The summed E-state index contributed by atoms with van der Waals surface area (Å²) in [6.07, 6.45) is 0. The van der Waals surface area contributed by atoms with Gasteiger partial charge in [0.1, 0.15) is 0 Å². The summed E-state index contributed by atoms with van der Waals surface area (Å²) in [4.78, 5) is 2.16. The molecule has 0 spiro atoms. The number of hydrogen-bond donors (Lipinski definition) is 1. The van der Waals surface area contributed by atoms with E-state index in [1.165, 1.54) is 11.1 Å². The highest BCUT2D eigenvalue weighted by Gasteiger charge is 2.12. The zero-order valence-corrected chi connectivity index (χ0v) is 11.7. The van der Waals surface area contributed by atoms with Crippen LogP contribution in [0, 0.1) is 13.8 Å². The Morgan fingerprint density at radius 2 is 2.00 bits per heavy atom. The molecule has 0 aliphatic rings. The molecule has 1 unspecified atom stereocenters. The summed E-state index contributed by atoms with van der Waals surface area (Å²) >= 11 is 6.42. The molecule has 0 aromatic heterocycles. The molecule has 0 aliphatic carbocycles. The lowest BCUT2D eigenvalue weighted by atomic mass is 10.0. The van der Waals surface area contributed by atoms with Crippen LogP contribution in [0.1, 0.15) is 29.0 Å². The molecule has 1 rings (SSSR count). The summed E-state index contributed by atoms with van der Waals surface area (Å²) in [7, 11) is 0. The van der Waals surface area contributed by atoms with Crippen LogP contribution in [-0.4, -0.2) is 36.2 Å². The summed E-state index contributed by atoms with van der Waals surface area (Å²) in [5.41, 5.74) is 3.73. The van der Waals surface area contributed by atoms with Crippen LogP contribution in [0.15, 0.2) is 18.2 Å². The zero-order valence-electron chi connectivity index (χ0n) is 10.9. The Morgan fingerprint density at radius 1 is 1.29 bits per heavy atom. The van der Waals surface area contributed by atoms with Crippen LogP contribution in [-0.2, 0) is 0 Å². The number of halogens is 1. The van der Waals surface area contributed by atoms with E-state index in [-0.39, 0.29) is 12.0 Å². The minimum atomic E-state index is -0.0131. The monoisotopic (exact) mass is 255 g/mol. The van der Waals surface area contributed by atoms with Crippen molar-refractivity contribution >= 4 is 11.6 Å². The summed E-state index contributed by atoms with van der Waals surface area (Å²) in [6.45, 7) is 8.85. The normalized spacial score (nSPS) is 13.1. The van der Waals surface area contributed by atoms with Crippen molar-refractivity contribution in [1.82, 2.24) is 4.90 Å². The lowest BCUT2D eigenvalue weighted by Crippen LogP contribution is -2.29. The van der Waals surface area contributed by atoms with E-state index in [0.29, 0.717) is 6.54 Å². The third-order valence-corrected chi connectivity index (χ3v) is 3.56. The molecule has 1 N–H and O–H groups in total. The third-order valence-electron chi connectivity index (χ3n) is 3.17. The van der Waals surface area contributed by atoms with Gasteiger partial charge in [-0.15, -0.1) is 11.6 Å². The predicted molar refractivity (Wildman–Crippen MR) is 73.7 cm³/mol. The summed E-state index contributed by atoms with van der Waals surface area (Å²) in [5.74, 6) is 0. The highest BCUT2D eigenvalue weighted by atomic mass is 35.5. The molecule has 2 nitrogen and oxygen atoms in total.